The maximum Gasteiger partial charge on any atom is 0.320 e. The van der Waals surface area contributed by atoms with Crippen molar-refractivity contribution in [3.8, 4) is 11.5 Å². The molecule has 0 spiro atoms. The van der Waals surface area contributed by atoms with Crippen molar-refractivity contribution in [2.45, 2.75) is 10.8 Å². The lowest BCUT2D eigenvalue weighted by atomic mass is 10.2. The molecular formula is C21H18N6O2S. The number of amides is 1. The third-order valence-electron chi connectivity index (χ3n) is 4.11. The normalized spacial score (nSPS) is 10.6. The summed E-state index contributed by atoms with van der Waals surface area (Å²) >= 11 is 1.52. The van der Waals surface area contributed by atoms with Crippen molar-refractivity contribution in [3.63, 3.8) is 0 Å². The Kier molecular flexibility index (Phi) is 6.00. The predicted molar refractivity (Wildman–Crippen MR) is 114 cm³/mol. The van der Waals surface area contributed by atoms with Crippen LogP contribution in [0.4, 0.5) is 11.7 Å². The number of carbonyl (C=O) groups excluding carboxylic acids is 1. The molecule has 0 atom stereocenters. The molecule has 30 heavy (non-hydrogen) atoms. The van der Waals surface area contributed by atoms with Crippen molar-refractivity contribution in [1.29, 1.82) is 0 Å². The largest absolute Gasteiger partial charge is 0.403 e. The summed E-state index contributed by atoms with van der Waals surface area (Å²) in [6.45, 7) is 0. The Bertz CT molecular complexity index is 1150. The number of hydrogen-bond acceptors (Lipinski definition) is 8. The Balaban J connectivity index is 1.50. The van der Waals surface area contributed by atoms with Gasteiger partial charge in [-0.15, -0.1) is 16.9 Å². The van der Waals surface area contributed by atoms with Crippen LogP contribution in [0.3, 0.4) is 0 Å². The SMILES string of the molecule is CNC(=O)c1cc(CSc2ncccc2-c2nnc(Nc3ccccc3)o2)ccn1. The Morgan fingerprint density at radius 1 is 1.03 bits per heavy atom. The molecule has 0 aliphatic rings. The van der Waals surface area contributed by atoms with Gasteiger partial charge < -0.3 is 15.1 Å². The van der Waals surface area contributed by atoms with E-state index in [0.29, 0.717) is 23.4 Å². The van der Waals surface area contributed by atoms with E-state index < -0.39 is 0 Å². The Labute approximate surface area is 177 Å². The second-order valence-electron chi connectivity index (χ2n) is 6.18. The van der Waals surface area contributed by atoms with E-state index in [2.05, 4.69) is 30.8 Å². The summed E-state index contributed by atoms with van der Waals surface area (Å²) in [5, 5.41) is 14.6. The van der Waals surface area contributed by atoms with Crippen LogP contribution in [-0.4, -0.2) is 33.1 Å². The van der Waals surface area contributed by atoms with Crippen molar-refractivity contribution in [3.05, 3.63) is 78.2 Å². The van der Waals surface area contributed by atoms with Gasteiger partial charge in [-0.05, 0) is 42.0 Å². The van der Waals surface area contributed by atoms with Gasteiger partial charge in [0.15, 0.2) is 0 Å². The Morgan fingerprint density at radius 3 is 2.73 bits per heavy atom. The summed E-state index contributed by atoms with van der Waals surface area (Å²) in [5.41, 5.74) is 2.95. The zero-order valence-electron chi connectivity index (χ0n) is 16.1. The second kappa shape index (κ2) is 9.19. The summed E-state index contributed by atoms with van der Waals surface area (Å²) in [5.74, 6) is 0.772. The first-order chi connectivity index (χ1) is 14.7. The van der Waals surface area contributed by atoms with Gasteiger partial charge in [-0.1, -0.05) is 23.3 Å². The topological polar surface area (TPSA) is 106 Å². The highest BCUT2D eigenvalue weighted by Crippen LogP contribution is 2.31. The fourth-order valence-corrected chi connectivity index (χ4v) is 3.59. The molecule has 0 unspecified atom stereocenters. The lowest BCUT2D eigenvalue weighted by molar-refractivity contribution is 0.0958. The van der Waals surface area contributed by atoms with Gasteiger partial charge in [-0.25, -0.2) is 4.98 Å². The molecule has 4 aromatic rings. The first-order valence-corrected chi connectivity index (χ1v) is 10.1. The smallest absolute Gasteiger partial charge is 0.320 e. The van der Waals surface area contributed by atoms with E-state index in [1.165, 1.54) is 11.8 Å². The molecule has 0 radical (unpaired) electrons. The molecule has 150 valence electrons. The van der Waals surface area contributed by atoms with E-state index in [-0.39, 0.29) is 5.91 Å². The highest BCUT2D eigenvalue weighted by Gasteiger charge is 2.15. The maximum absolute atomic E-state index is 11.8. The quantitative estimate of drug-likeness (QED) is 0.435. The monoisotopic (exact) mass is 418 g/mol. The molecule has 9 heteroatoms. The first kappa shape index (κ1) is 19.6. The minimum atomic E-state index is -0.218. The van der Waals surface area contributed by atoms with Crippen LogP contribution in [0, 0.1) is 0 Å². The van der Waals surface area contributed by atoms with E-state index in [4.69, 9.17) is 4.42 Å². The number of thioether (sulfide) groups is 1. The molecule has 0 saturated carbocycles. The van der Waals surface area contributed by atoms with Crippen molar-refractivity contribution in [2.75, 3.05) is 12.4 Å². The molecule has 3 heterocycles. The number of nitrogens with one attached hydrogen (secondary N) is 2. The molecule has 0 bridgehead atoms. The second-order valence-corrected chi connectivity index (χ2v) is 7.14. The minimum absolute atomic E-state index is 0.218. The van der Waals surface area contributed by atoms with Gasteiger partial charge >= 0.3 is 6.01 Å². The Morgan fingerprint density at radius 2 is 1.90 bits per heavy atom. The predicted octanol–water partition coefficient (Wildman–Crippen LogP) is 3.92. The van der Waals surface area contributed by atoms with Gasteiger partial charge in [-0.2, -0.15) is 0 Å². The van der Waals surface area contributed by atoms with Crippen LogP contribution < -0.4 is 10.6 Å². The fraction of sp³-hybridized carbons (Fsp3) is 0.0952. The van der Waals surface area contributed by atoms with Crippen LogP contribution in [0.2, 0.25) is 0 Å². The lowest BCUT2D eigenvalue weighted by Gasteiger charge is -2.06. The first-order valence-electron chi connectivity index (χ1n) is 9.13. The molecule has 2 N–H and O–H groups in total. The number of pyridine rings is 2. The average Bonchev–Trinajstić information content (AvgIpc) is 3.26. The van der Waals surface area contributed by atoms with E-state index in [0.717, 1.165) is 21.8 Å². The summed E-state index contributed by atoms with van der Waals surface area (Å²) in [4.78, 5) is 20.3. The average molecular weight is 418 g/mol. The molecular weight excluding hydrogens is 400 g/mol. The summed E-state index contributed by atoms with van der Waals surface area (Å²) < 4.78 is 5.78. The standard InChI is InChI=1S/C21H18N6O2S/c1-22-18(28)17-12-14(9-11-23-17)13-30-20-16(8-5-10-24-20)19-26-27-21(29-19)25-15-6-3-2-4-7-15/h2-12H,13H2,1H3,(H,22,28)(H,25,27). The van der Waals surface area contributed by atoms with Crippen LogP contribution in [-0.2, 0) is 5.75 Å². The number of para-hydroxylation sites is 1. The van der Waals surface area contributed by atoms with Gasteiger partial charge in [0.05, 0.1) is 5.56 Å². The van der Waals surface area contributed by atoms with Gasteiger partial charge in [0.25, 0.3) is 11.8 Å². The molecule has 3 aromatic heterocycles. The van der Waals surface area contributed by atoms with Crippen molar-refractivity contribution >= 4 is 29.4 Å². The van der Waals surface area contributed by atoms with E-state index in [1.54, 1.807) is 25.5 Å². The van der Waals surface area contributed by atoms with Crippen molar-refractivity contribution in [2.24, 2.45) is 0 Å². The van der Waals surface area contributed by atoms with E-state index >= 15 is 0 Å². The summed E-state index contributed by atoms with van der Waals surface area (Å²) in [7, 11) is 1.58. The van der Waals surface area contributed by atoms with Crippen LogP contribution in [0.1, 0.15) is 16.1 Å². The maximum atomic E-state index is 11.8. The van der Waals surface area contributed by atoms with Crippen molar-refractivity contribution < 1.29 is 9.21 Å². The zero-order valence-corrected chi connectivity index (χ0v) is 16.9. The molecule has 0 saturated heterocycles. The van der Waals surface area contributed by atoms with E-state index in [1.807, 2.05) is 48.5 Å². The van der Waals surface area contributed by atoms with E-state index in [9.17, 15) is 4.79 Å². The molecule has 0 fully saturated rings. The summed E-state index contributed by atoms with van der Waals surface area (Å²) in [6, 6.07) is 17.3. The number of aromatic nitrogens is 4. The van der Waals surface area contributed by atoms with Gasteiger partial charge in [0.2, 0.25) is 0 Å². The number of carbonyl (C=O) groups is 1. The van der Waals surface area contributed by atoms with Crippen LogP contribution >= 0.6 is 11.8 Å². The molecule has 1 amide bonds. The van der Waals surface area contributed by atoms with Gasteiger partial charge in [-0.3, -0.25) is 9.78 Å². The molecule has 1 aromatic carbocycles. The number of benzene rings is 1. The third kappa shape index (κ3) is 4.64. The molecule has 0 aliphatic heterocycles. The Hall–Kier alpha value is -3.72. The number of rotatable bonds is 7. The van der Waals surface area contributed by atoms with Crippen molar-refractivity contribution in [1.82, 2.24) is 25.5 Å². The van der Waals surface area contributed by atoms with Crippen LogP contribution in [0.15, 0.2) is 76.4 Å². The summed E-state index contributed by atoms with van der Waals surface area (Å²) in [6.07, 6.45) is 3.34. The highest BCUT2D eigenvalue weighted by molar-refractivity contribution is 7.98. The fourth-order valence-electron chi connectivity index (χ4n) is 2.66. The lowest BCUT2D eigenvalue weighted by Crippen LogP contribution is -2.19. The minimum Gasteiger partial charge on any atom is -0.403 e. The third-order valence-corrected chi connectivity index (χ3v) is 5.19. The molecule has 0 aliphatic carbocycles. The van der Waals surface area contributed by atoms with Gasteiger partial charge in [0.1, 0.15) is 10.7 Å². The van der Waals surface area contributed by atoms with Gasteiger partial charge in [0, 0.05) is 30.9 Å². The van der Waals surface area contributed by atoms with Crippen LogP contribution in [0.25, 0.3) is 11.5 Å². The number of anilines is 2. The molecule has 8 nitrogen and oxygen atoms in total. The zero-order chi connectivity index (χ0) is 20.8. The molecule has 4 rings (SSSR count). The number of hydrogen-bond donors (Lipinski definition) is 2. The highest BCUT2D eigenvalue weighted by atomic mass is 32.2. The number of nitrogens with zero attached hydrogens (tertiary/aromatic N) is 4. The van der Waals surface area contributed by atoms with Crippen LogP contribution in [0.5, 0.6) is 0 Å².